The summed E-state index contributed by atoms with van der Waals surface area (Å²) in [5, 5.41) is 3.32. The molecule has 0 aliphatic heterocycles. The Balaban J connectivity index is 1.79. The van der Waals surface area contributed by atoms with Crippen LogP contribution in [0.25, 0.3) is 0 Å². The Morgan fingerprint density at radius 3 is 2.10 bits per heavy atom. The molecule has 1 N–H and O–H groups in total. The van der Waals surface area contributed by atoms with Crippen LogP contribution >= 0.6 is 23.2 Å². The molecule has 0 unspecified atom stereocenters. The number of hydrogen-bond donors (Lipinski definition) is 1. The van der Waals surface area contributed by atoms with Gasteiger partial charge in [-0.15, -0.1) is 0 Å². The number of benzene rings is 4. The number of anilines is 1. The van der Waals surface area contributed by atoms with Crippen LogP contribution in [0.2, 0.25) is 10.0 Å². The van der Waals surface area contributed by atoms with Crippen molar-refractivity contribution in [1.82, 2.24) is 10.2 Å². The van der Waals surface area contributed by atoms with Gasteiger partial charge in [-0.05, 0) is 60.0 Å². The van der Waals surface area contributed by atoms with E-state index >= 15 is 0 Å². The standard InChI is InChI=1S/C32H31Cl2N3O4S/c1-23-10-9-13-26(18-23)37(42(40,41)27-14-7-4-8-15-27)22-31(38)36(21-25-16-17-28(33)29(34)19-25)30(32(39)35-2)20-24-11-5-3-6-12-24/h3-19,30H,20-22H2,1-2H3,(H,35,39)/t30-/m0/s1. The minimum Gasteiger partial charge on any atom is -0.357 e. The van der Waals surface area contributed by atoms with E-state index in [1.54, 1.807) is 54.6 Å². The highest BCUT2D eigenvalue weighted by Gasteiger charge is 2.34. The SMILES string of the molecule is CNC(=O)[C@H](Cc1ccccc1)N(Cc1ccc(Cl)c(Cl)c1)C(=O)CN(c1cccc(C)c1)S(=O)(=O)c1ccccc1. The van der Waals surface area contributed by atoms with Gasteiger partial charge in [0.15, 0.2) is 0 Å². The lowest BCUT2D eigenvalue weighted by molar-refractivity contribution is -0.139. The van der Waals surface area contributed by atoms with Crippen LogP contribution in [0.15, 0.2) is 108 Å². The molecule has 7 nitrogen and oxygen atoms in total. The summed E-state index contributed by atoms with van der Waals surface area (Å²) < 4.78 is 29.0. The summed E-state index contributed by atoms with van der Waals surface area (Å²) in [6.45, 7) is 1.30. The van der Waals surface area contributed by atoms with Gasteiger partial charge in [-0.1, -0.05) is 89.9 Å². The first-order chi connectivity index (χ1) is 20.1. The van der Waals surface area contributed by atoms with Crippen LogP contribution in [0, 0.1) is 6.92 Å². The molecule has 4 aromatic rings. The second-order valence-electron chi connectivity index (χ2n) is 9.75. The molecule has 0 bridgehead atoms. The third kappa shape index (κ3) is 7.50. The van der Waals surface area contributed by atoms with E-state index in [0.29, 0.717) is 21.3 Å². The second kappa shape index (κ2) is 13.9. The Morgan fingerprint density at radius 1 is 0.810 bits per heavy atom. The van der Waals surface area contributed by atoms with Gasteiger partial charge in [0.25, 0.3) is 10.0 Å². The number of halogens is 2. The Bertz CT molecular complexity index is 1650. The molecule has 0 aromatic heterocycles. The third-order valence-electron chi connectivity index (χ3n) is 6.75. The maximum Gasteiger partial charge on any atom is 0.264 e. The highest BCUT2D eigenvalue weighted by atomic mass is 35.5. The first-order valence-electron chi connectivity index (χ1n) is 13.2. The quantitative estimate of drug-likeness (QED) is 0.226. The second-order valence-corrected chi connectivity index (χ2v) is 12.4. The molecule has 0 radical (unpaired) electrons. The molecule has 0 aliphatic carbocycles. The molecule has 0 saturated heterocycles. The highest BCUT2D eigenvalue weighted by molar-refractivity contribution is 7.92. The number of nitrogens with zero attached hydrogens (tertiary/aromatic N) is 2. The van der Waals surface area contributed by atoms with Crippen molar-refractivity contribution in [2.75, 3.05) is 17.9 Å². The number of carbonyl (C=O) groups is 2. The number of sulfonamides is 1. The fraction of sp³-hybridized carbons (Fsp3) is 0.188. The molecule has 0 aliphatic rings. The first-order valence-corrected chi connectivity index (χ1v) is 15.4. The minimum atomic E-state index is -4.15. The van der Waals surface area contributed by atoms with E-state index in [4.69, 9.17) is 23.2 Å². The average Bonchev–Trinajstić information content (AvgIpc) is 2.99. The van der Waals surface area contributed by atoms with Crippen molar-refractivity contribution < 1.29 is 18.0 Å². The fourth-order valence-corrected chi connectivity index (χ4v) is 6.33. The minimum absolute atomic E-state index is 0.00627. The molecule has 0 fully saturated rings. The number of carbonyl (C=O) groups excluding carboxylic acids is 2. The molecule has 218 valence electrons. The molecule has 2 amide bonds. The number of amides is 2. The summed E-state index contributed by atoms with van der Waals surface area (Å²) in [4.78, 5) is 29.0. The van der Waals surface area contributed by atoms with Gasteiger partial charge in [-0.3, -0.25) is 13.9 Å². The number of aryl methyl sites for hydroxylation is 1. The van der Waals surface area contributed by atoms with Crippen LogP contribution in [0.4, 0.5) is 5.69 Å². The maximum atomic E-state index is 14.3. The number of rotatable bonds is 11. The van der Waals surface area contributed by atoms with Crippen molar-refractivity contribution in [1.29, 1.82) is 0 Å². The lowest BCUT2D eigenvalue weighted by Gasteiger charge is -2.33. The number of hydrogen-bond acceptors (Lipinski definition) is 4. The van der Waals surface area contributed by atoms with Gasteiger partial charge < -0.3 is 10.2 Å². The highest BCUT2D eigenvalue weighted by Crippen LogP contribution is 2.27. The summed E-state index contributed by atoms with van der Waals surface area (Å²) in [7, 11) is -2.65. The smallest absolute Gasteiger partial charge is 0.264 e. The molecule has 10 heteroatoms. The monoisotopic (exact) mass is 623 g/mol. The molecule has 0 spiro atoms. The summed E-state index contributed by atoms with van der Waals surface area (Å²) in [6, 6.07) is 28.2. The Morgan fingerprint density at radius 2 is 1.48 bits per heavy atom. The maximum absolute atomic E-state index is 14.3. The molecule has 1 atom stereocenters. The van der Waals surface area contributed by atoms with Crippen LogP contribution in [-0.2, 0) is 32.6 Å². The van der Waals surface area contributed by atoms with Gasteiger partial charge in [0.1, 0.15) is 12.6 Å². The fourth-order valence-electron chi connectivity index (χ4n) is 4.59. The van der Waals surface area contributed by atoms with E-state index in [1.165, 1.54) is 24.1 Å². The molecule has 0 heterocycles. The van der Waals surface area contributed by atoms with E-state index in [1.807, 2.05) is 43.3 Å². The zero-order chi connectivity index (χ0) is 30.3. The predicted molar refractivity (Wildman–Crippen MR) is 167 cm³/mol. The van der Waals surface area contributed by atoms with Crippen LogP contribution < -0.4 is 9.62 Å². The summed E-state index contributed by atoms with van der Waals surface area (Å²) >= 11 is 12.4. The summed E-state index contributed by atoms with van der Waals surface area (Å²) in [5.74, 6) is -0.952. The van der Waals surface area contributed by atoms with Crippen LogP contribution in [0.3, 0.4) is 0 Å². The normalized spacial score (nSPS) is 11.9. The van der Waals surface area contributed by atoms with Crippen LogP contribution in [0.5, 0.6) is 0 Å². The van der Waals surface area contributed by atoms with Crippen molar-refractivity contribution in [2.24, 2.45) is 0 Å². The largest absolute Gasteiger partial charge is 0.357 e. The Labute approximate surface area is 256 Å². The number of nitrogens with one attached hydrogen (secondary N) is 1. The zero-order valence-corrected chi connectivity index (χ0v) is 25.5. The summed E-state index contributed by atoms with van der Waals surface area (Å²) in [6.07, 6.45) is 0.212. The first kappa shape index (κ1) is 31.1. The predicted octanol–water partition coefficient (Wildman–Crippen LogP) is 5.88. The molecule has 42 heavy (non-hydrogen) atoms. The van der Waals surface area contributed by atoms with Gasteiger partial charge in [-0.2, -0.15) is 0 Å². The van der Waals surface area contributed by atoms with Crippen molar-refractivity contribution in [3.63, 3.8) is 0 Å². The lowest BCUT2D eigenvalue weighted by atomic mass is 10.0. The van der Waals surface area contributed by atoms with Gasteiger partial charge in [0.2, 0.25) is 11.8 Å². The van der Waals surface area contributed by atoms with Gasteiger partial charge in [0, 0.05) is 20.0 Å². The molecular weight excluding hydrogens is 593 g/mol. The molecular formula is C32H31Cl2N3O4S. The van der Waals surface area contributed by atoms with Crippen LogP contribution in [0.1, 0.15) is 16.7 Å². The Kier molecular flexibility index (Phi) is 10.3. The topological polar surface area (TPSA) is 86.8 Å². The van der Waals surface area contributed by atoms with E-state index in [9.17, 15) is 18.0 Å². The van der Waals surface area contributed by atoms with E-state index in [-0.39, 0.29) is 23.8 Å². The van der Waals surface area contributed by atoms with Crippen molar-refractivity contribution in [2.45, 2.75) is 30.8 Å². The van der Waals surface area contributed by atoms with E-state index < -0.39 is 28.5 Å². The molecule has 0 saturated carbocycles. The van der Waals surface area contributed by atoms with E-state index in [0.717, 1.165) is 15.4 Å². The molecule has 4 rings (SSSR count). The van der Waals surface area contributed by atoms with E-state index in [2.05, 4.69) is 5.32 Å². The zero-order valence-electron chi connectivity index (χ0n) is 23.2. The Hall–Kier alpha value is -3.85. The van der Waals surface area contributed by atoms with Gasteiger partial charge in [0.05, 0.1) is 20.6 Å². The lowest BCUT2D eigenvalue weighted by Crippen LogP contribution is -2.53. The average molecular weight is 625 g/mol. The van der Waals surface area contributed by atoms with Gasteiger partial charge in [-0.25, -0.2) is 8.42 Å². The number of likely N-dealkylation sites (N-methyl/N-ethyl adjacent to an activating group) is 1. The summed E-state index contributed by atoms with van der Waals surface area (Å²) in [5.41, 5.74) is 2.63. The van der Waals surface area contributed by atoms with Crippen molar-refractivity contribution >= 4 is 50.7 Å². The van der Waals surface area contributed by atoms with Gasteiger partial charge >= 0.3 is 0 Å². The van der Waals surface area contributed by atoms with Crippen molar-refractivity contribution in [3.8, 4) is 0 Å². The third-order valence-corrected chi connectivity index (χ3v) is 9.28. The van der Waals surface area contributed by atoms with Crippen LogP contribution in [-0.4, -0.2) is 44.8 Å². The van der Waals surface area contributed by atoms with Crippen molar-refractivity contribution in [3.05, 3.63) is 130 Å². The molecule has 4 aromatic carbocycles.